The van der Waals surface area contributed by atoms with E-state index >= 15 is 0 Å². The quantitative estimate of drug-likeness (QED) is 0.857. The summed E-state index contributed by atoms with van der Waals surface area (Å²) < 4.78 is 0. The molecule has 1 saturated heterocycles. The first kappa shape index (κ1) is 12.0. The minimum atomic E-state index is -0.436. The Kier molecular flexibility index (Phi) is 3.38. The molecule has 4 nitrogen and oxygen atoms in total. The number of hydrogen-bond acceptors (Lipinski definition) is 3. The molecule has 0 aromatic heterocycles. The van der Waals surface area contributed by atoms with E-state index in [0.717, 1.165) is 23.5 Å². The van der Waals surface area contributed by atoms with Crippen molar-refractivity contribution in [1.29, 1.82) is 0 Å². The molecule has 1 fully saturated rings. The smallest absolute Gasteiger partial charge is 0.248 e. The number of aryl methyl sites for hydroxylation is 1. The van der Waals surface area contributed by atoms with E-state index in [1.165, 1.54) is 0 Å². The maximum absolute atomic E-state index is 11.7. The summed E-state index contributed by atoms with van der Waals surface area (Å²) in [7, 11) is 0. The first-order valence-electron chi connectivity index (χ1n) is 5.38. The van der Waals surface area contributed by atoms with Crippen molar-refractivity contribution in [2.24, 2.45) is 5.73 Å². The van der Waals surface area contributed by atoms with Gasteiger partial charge in [-0.2, -0.15) is 11.8 Å². The SMILES string of the molecule is Cc1cc(N2CCSCC2=O)ccc1C(N)=O. The topological polar surface area (TPSA) is 63.4 Å². The van der Waals surface area contributed by atoms with E-state index in [0.29, 0.717) is 11.3 Å². The Balaban J connectivity index is 2.30. The normalized spacial score (nSPS) is 16.1. The maximum Gasteiger partial charge on any atom is 0.248 e. The van der Waals surface area contributed by atoms with Crippen LogP contribution in [0.3, 0.4) is 0 Å². The van der Waals surface area contributed by atoms with E-state index in [1.54, 1.807) is 28.8 Å². The zero-order valence-electron chi connectivity index (χ0n) is 9.60. The third-order valence-electron chi connectivity index (χ3n) is 2.77. The summed E-state index contributed by atoms with van der Waals surface area (Å²) >= 11 is 1.65. The molecule has 0 atom stereocenters. The van der Waals surface area contributed by atoms with E-state index in [1.807, 2.05) is 13.0 Å². The van der Waals surface area contributed by atoms with Crippen LogP contribution in [0.2, 0.25) is 0 Å². The van der Waals surface area contributed by atoms with Crippen LogP contribution in [0.1, 0.15) is 15.9 Å². The van der Waals surface area contributed by atoms with Crippen LogP contribution in [0.4, 0.5) is 5.69 Å². The first-order valence-corrected chi connectivity index (χ1v) is 6.53. The largest absolute Gasteiger partial charge is 0.366 e. The summed E-state index contributed by atoms with van der Waals surface area (Å²) in [5.74, 6) is 1.15. The minimum Gasteiger partial charge on any atom is -0.366 e. The number of primary amides is 1. The summed E-state index contributed by atoms with van der Waals surface area (Å²) in [4.78, 5) is 24.6. The fraction of sp³-hybridized carbons (Fsp3) is 0.333. The predicted octanol–water partition coefficient (Wildman–Crippen LogP) is 1.17. The van der Waals surface area contributed by atoms with Gasteiger partial charge in [0.25, 0.3) is 0 Å². The Morgan fingerprint density at radius 1 is 1.47 bits per heavy atom. The van der Waals surface area contributed by atoms with Gasteiger partial charge in [-0.05, 0) is 30.7 Å². The fourth-order valence-electron chi connectivity index (χ4n) is 1.88. The molecule has 5 heteroatoms. The number of nitrogens with two attached hydrogens (primary N) is 1. The second kappa shape index (κ2) is 4.79. The zero-order valence-corrected chi connectivity index (χ0v) is 10.4. The van der Waals surface area contributed by atoms with Crippen molar-refractivity contribution in [3.63, 3.8) is 0 Å². The lowest BCUT2D eigenvalue weighted by Crippen LogP contribution is -2.38. The fourth-order valence-corrected chi connectivity index (χ4v) is 2.67. The molecule has 1 aromatic rings. The van der Waals surface area contributed by atoms with Gasteiger partial charge in [-0.3, -0.25) is 9.59 Å². The van der Waals surface area contributed by atoms with E-state index in [-0.39, 0.29) is 5.91 Å². The second-order valence-electron chi connectivity index (χ2n) is 3.96. The van der Waals surface area contributed by atoms with Gasteiger partial charge in [0, 0.05) is 23.5 Å². The number of anilines is 1. The number of nitrogens with zero attached hydrogens (tertiary/aromatic N) is 1. The Morgan fingerprint density at radius 3 is 2.82 bits per heavy atom. The number of carbonyl (C=O) groups is 2. The predicted molar refractivity (Wildman–Crippen MR) is 69.4 cm³/mol. The lowest BCUT2D eigenvalue weighted by atomic mass is 10.1. The molecule has 1 heterocycles. The van der Waals surface area contributed by atoms with Gasteiger partial charge in [0.2, 0.25) is 11.8 Å². The highest BCUT2D eigenvalue weighted by atomic mass is 32.2. The van der Waals surface area contributed by atoms with E-state index < -0.39 is 5.91 Å². The van der Waals surface area contributed by atoms with Gasteiger partial charge < -0.3 is 10.6 Å². The van der Waals surface area contributed by atoms with Crippen molar-refractivity contribution in [3.05, 3.63) is 29.3 Å². The van der Waals surface area contributed by atoms with Gasteiger partial charge in [0.1, 0.15) is 0 Å². The minimum absolute atomic E-state index is 0.118. The lowest BCUT2D eigenvalue weighted by molar-refractivity contribution is -0.116. The molecule has 2 amide bonds. The number of benzene rings is 1. The van der Waals surface area contributed by atoms with Crippen LogP contribution in [0.25, 0.3) is 0 Å². The van der Waals surface area contributed by atoms with E-state index in [9.17, 15) is 9.59 Å². The van der Waals surface area contributed by atoms with Crippen LogP contribution in [0.15, 0.2) is 18.2 Å². The van der Waals surface area contributed by atoms with Gasteiger partial charge in [0.05, 0.1) is 5.75 Å². The Bertz CT molecular complexity index is 474. The van der Waals surface area contributed by atoms with Gasteiger partial charge in [0.15, 0.2) is 0 Å². The molecule has 0 unspecified atom stereocenters. The summed E-state index contributed by atoms with van der Waals surface area (Å²) in [5, 5.41) is 0. The monoisotopic (exact) mass is 250 g/mol. The van der Waals surface area contributed by atoms with Crippen molar-refractivity contribution in [2.75, 3.05) is 23.0 Å². The molecular formula is C12H14N2O2S. The second-order valence-corrected chi connectivity index (χ2v) is 5.07. The zero-order chi connectivity index (χ0) is 12.4. The Morgan fingerprint density at radius 2 is 2.24 bits per heavy atom. The van der Waals surface area contributed by atoms with Crippen molar-refractivity contribution < 1.29 is 9.59 Å². The maximum atomic E-state index is 11.7. The molecule has 1 aliphatic heterocycles. The number of hydrogen-bond donors (Lipinski definition) is 1. The molecule has 90 valence electrons. The standard InChI is InChI=1S/C12H14N2O2S/c1-8-6-9(2-3-10(8)12(13)16)14-4-5-17-7-11(14)15/h2-3,6H,4-5,7H2,1H3,(H2,13,16). The molecular weight excluding hydrogens is 236 g/mol. The highest BCUT2D eigenvalue weighted by Crippen LogP contribution is 2.23. The summed E-state index contributed by atoms with van der Waals surface area (Å²) in [5.41, 5.74) is 7.41. The molecule has 1 aromatic carbocycles. The summed E-state index contributed by atoms with van der Waals surface area (Å²) in [6.45, 7) is 2.55. The molecule has 0 saturated carbocycles. The Hall–Kier alpha value is -1.49. The molecule has 0 spiro atoms. The summed E-state index contributed by atoms with van der Waals surface area (Å²) in [6, 6.07) is 5.30. The molecule has 2 rings (SSSR count). The third-order valence-corrected chi connectivity index (χ3v) is 3.70. The van der Waals surface area contributed by atoms with Crippen LogP contribution in [0, 0.1) is 6.92 Å². The average Bonchev–Trinajstić information content (AvgIpc) is 2.29. The molecule has 1 aliphatic rings. The lowest BCUT2D eigenvalue weighted by Gasteiger charge is -2.27. The highest BCUT2D eigenvalue weighted by molar-refractivity contribution is 8.00. The van der Waals surface area contributed by atoms with Gasteiger partial charge in [-0.1, -0.05) is 0 Å². The van der Waals surface area contributed by atoms with Crippen LogP contribution < -0.4 is 10.6 Å². The van der Waals surface area contributed by atoms with Crippen molar-refractivity contribution in [2.45, 2.75) is 6.92 Å². The molecule has 0 aliphatic carbocycles. The van der Waals surface area contributed by atoms with Crippen molar-refractivity contribution in [3.8, 4) is 0 Å². The van der Waals surface area contributed by atoms with Gasteiger partial charge in [-0.25, -0.2) is 0 Å². The summed E-state index contributed by atoms with van der Waals surface area (Å²) in [6.07, 6.45) is 0. The molecule has 0 radical (unpaired) electrons. The van der Waals surface area contributed by atoms with Crippen LogP contribution in [-0.4, -0.2) is 29.9 Å². The van der Waals surface area contributed by atoms with Crippen molar-refractivity contribution in [1.82, 2.24) is 0 Å². The number of thioether (sulfide) groups is 1. The van der Waals surface area contributed by atoms with Crippen LogP contribution in [0.5, 0.6) is 0 Å². The van der Waals surface area contributed by atoms with E-state index in [4.69, 9.17) is 5.73 Å². The van der Waals surface area contributed by atoms with Gasteiger partial charge >= 0.3 is 0 Å². The van der Waals surface area contributed by atoms with Gasteiger partial charge in [-0.15, -0.1) is 0 Å². The van der Waals surface area contributed by atoms with Crippen LogP contribution >= 0.6 is 11.8 Å². The Labute approximate surface area is 104 Å². The third kappa shape index (κ3) is 2.44. The number of carbonyl (C=O) groups excluding carboxylic acids is 2. The molecule has 2 N–H and O–H groups in total. The molecule has 0 bridgehead atoms. The average molecular weight is 250 g/mol. The van der Waals surface area contributed by atoms with Crippen molar-refractivity contribution >= 4 is 29.3 Å². The highest BCUT2D eigenvalue weighted by Gasteiger charge is 2.20. The van der Waals surface area contributed by atoms with Crippen LogP contribution in [-0.2, 0) is 4.79 Å². The number of amides is 2. The van der Waals surface area contributed by atoms with E-state index in [2.05, 4.69) is 0 Å². The number of rotatable bonds is 2. The first-order chi connectivity index (χ1) is 8.09. The molecule has 17 heavy (non-hydrogen) atoms.